The molecule has 0 aliphatic carbocycles. The summed E-state index contributed by atoms with van der Waals surface area (Å²) in [6.45, 7) is 7.16. The Morgan fingerprint density at radius 1 is 1.39 bits per heavy atom. The normalized spacial score (nSPS) is 16.6. The SMILES string of the molecule is Cc1cc(C(=O)NC2CCN(C(=O)C(C)CN)CC2)c(C)o1.Cl. The molecular formula is C16H26ClN3O3. The van der Waals surface area contributed by atoms with Gasteiger partial charge in [-0.15, -0.1) is 12.4 Å². The summed E-state index contributed by atoms with van der Waals surface area (Å²) in [4.78, 5) is 26.2. The fourth-order valence-corrected chi connectivity index (χ4v) is 2.78. The number of nitrogens with one attached hydrogen (secondary N) is 1. The maximum Gasteiger partial charge on any atom is 0.255 e. The summed E-state index contributed by atoms with van der Waals surface area (Å²) < 4.78 is 5.39. The van der Waals surface area contributed by atoms with Crippen LogP contribution in [0.1, 0.15) is 41.6 Å². The molecule has 1 atom stereocenters. The van der Waals surface area contributed by atoms with Crippen LogP contribution < -0.4 is 11.1 Å². The molecule has 1 fully saturated rings. The topological polar surface area (TPSA) is 88.6 Å². The highest BCUT2D eigenvalue weighted by Crippen LogP contribution is 2.16. The van der Waals surface area contributed by atoms with Crippen LogP contribution in [0.25, 0.3) is 0 Å². The van der Waals surface area contributed by atoms with Gasteiger partial charge in [0.05, 0.1) is 5.56 Å². The zero-order valence-corrected chi connectivity index (χ0v) is 14.7. The molecule has 2 amide bonds. The van der Waals surface area contributed by atoms with Gasteiger partial charge in [-0.25, -0.2) is 0 Å². The third-order valence-electron chi connectivity index (χ3n) is 4.20. The first kappa shape index (κ1) is 19.5. The number of piperidine rings is 1. The van der Waals surface area contributed by atoms with Crippen molar-refractivity contribution in [2.75, 3.05) is 19.6 Å². The molecule has 23 heavy (non-hydrogen) atoms. The number of halogens is 1. The van der Waals surface area contributed by atoms with Crippen molar-refractivity contribution < 1.29 is 14.0 Å². The van der Waals surface area contributed by atoms with Crippen molar-refractivity contribution in [3.63, 3.8) is 0 Å². The van der Waals surface area contributed by atoms with Gasteiger partial charge in [0, 0.05) is 31.6 Å². The molecule has 130 valence electrons. The van der Waals surface area contributed by atoms with Crippen LogP contribution in [0.15, 0.2) is 10.5 Å². The molecular weight excluding hydrogens is 318 g/mol. The van der Waals surface area contributed by atoms with Gasteiger partial charge in [0.15, 0.2) is 0 Å². The largest absolute Gasteiger partial charge is 0.466 e. The Balaban J connectivity index is 0.00000264. The average molecular weight is 344 g/mol. The van der Waals surface area contributed by atoms with Crippen molar-refractivity contribution in [3.05, 3.63) is 23.2 Å². The fraction of sp³-hybridized carbons (Fsp3) is 0.625. The summed E-state index contributed by atoms with van der Waals surface area (Å²) in [6.07, 6.45) is 1.54. The second kappa shape index (κ2) is 8.36. The van der Waals surface area contributed by atoms with E-state index in [1.165, 1.54) is 0 Å². The van der Waals surface area contributed by atoms with Gasteiger partial charge >= 0.3 is 0 Å². The van der Waals surface area contributed by atoms with Crippen LogP contribution in [0.2, 0.25) is 0 Å². The van der Waals surface area contributed by atoms with E-state index < -0.39 is 0 Å². The van der Waals surface area contributed by atoms with Crippen molar-refractivity contribution >= 4 is 24.2 Å². The fourth-order valence-electron chi connectivity index (χ4n) is 2.78. The number of carbonyl (C=O) groups excluding carboxylic acids is 2. The summed E-state index contributed by atoms with van der Waals surface area (Å²) in [5.74, 6) is 1.24. The van der Waals surface area contributed by atoms with Gasteiger partial charge in [0.1, 0.15) is 11.5 Å². The number of amides is 2. The van der Waals surface area contributed by atoms with Crippen molar-refractivity contribution in [2.24, 2.45) is 11.7 Å². The molecule has 2 heterocycles. The molecule has 2 rings (SSSR count). The number of hydrogen-bond acceptors (Lipinski definition) is 4. The van der Waals surface area contributed by atoms with Crippen LogP contribution in [0.5, 0.6) is 0 Å². The molecule has 1 unspecified atom stereocenters. The first-order valence-electron chi connectivity index (χ1n) is 7.79. The number of hydrogen-bond donors (Lipinski definition) is 2. The molecule has 1 aliphatic heterocycles. The molecule has 1 saturated heterocycles. The van der Waals surface area contributed by atoms with E-state index in [4.69, 9.17) is 10.2 Å². The Morgan fingerprint density at radius 2 is 2.00 bits per heavy atom. The van der Waals surface area contributed by atoms with E-state index in [1.54, 1.807) is 13.0 Å². The molecule has 0 bridgehead atoms. The van der Waals surface area contributed by atoms with Crippen LogP contribution in [-0.4, -0.2) is 42.4 Å². The molecule has 1 aromatic heterocycles. The smallest absolute Gasteiger partial charge is 0.255 e. The van der Waals surface area contributed by atoms with Gasteiger partial charge in [-0.05, 0) is 32.8 Å². The van der Waals surface area contributed by atoms with Crippen LogP contribution in [0.3, 0.4) is 0 Å². The van der Waals surface area contributed by atoms with Crippen molar-refractivity contribution in [1.82, 2.24) is 10.2 Å². The van der Waals surface area contributed by atoms with E-state index in [-0.39, 0.29) is 36.2 Å². The molecule has 7 heteroatoms. The minimum absolute atomic E-state index is 0. The molecule has 1 aromatic rings. The summed E-state index contributed by atoms with van der Waals surface area (Å²) in [7, 11) is 0. The number of aryl methyl sites for hydroxylation is 2. The van der Waals surface area contributed by atoms with Gasteiger partial charge in [-0.2, -0.15) is 0 Å². The minimum Gasteiger partial charge on any atom is -0.466 e. The highest BCUT2D eigenvalue weighted by molar-refractivity contribution is 5.95. The highest BCUT2D eigenvalue weighted by Gasteiger charge is 2.26. The highest BCUT2D eigenvalue weighted by atomic mass is 35.5. The molecule has 0 radical (unpaired) electrons. The Kier molecular flexibility index (Phi) is 7.09. The average Bonchev–Trinajstić information content (AvgIpc) is 2.85. The lowest BCUT2D eigenvalue weighted by atomic mass is 10.0. The second-order valence-corrected chi connectivity index (χ2v) is 6.04. The lowest BCUT2D eigenvalue weighted by Gasteiger charge is -2.33. The summed E-state index contributed by atoms with van der Waals surface area (Å²) in [6, 6.07) is 1.85. The number of nitrogens with two attached hydrogens (primary N) is 1. The van der Waals surface area contributed by atoms with E-state index in [0.29, 0.717) is 31.0 Å². The Labute approximate surface area is 143 Å². The van der Waals surface area contributed by atoms with E-state index >= 15 is 0 Å². The van der Waals surface area contributed by atoms with E-state index in [2.05, 4.69) is 5.32 Å². The number of carbonyl (C=O) groups is 2. The number of nitrogens with zero attached hydrogens (tertiary/aromatic N) is 1. The summed E-state index contributed by atoms with van der Waals surface area (Å²) in [5, 5.41) is 3.03. The summed E-state index contributed by atoms with van der Waals surface area (Å²) in [5.41, 5.74) is 6.13. The van der Waals surface area contributed by atoms with Crippen LogP contribution in [0.4, 0.5) is 0 Å². The zero-order valence-electron chi connectivity index (χ0n) is 13.9. The third kappa shape index (κ3) is 4.72. The van der Waals surface area contributed by atoms with Crippen LogP contribution in [0, 0.1) is 19.8 Å². The van der Waals surface area contributed by atoms with E-state index in [1.807, 2.05) is 18.7 Å². The molecule has 0 spiro atoms. The zero-order chi connectivity index (χ0) is 16.3. The molecule has 3 N–H and O–H groups in total. The van der Waals surface area contributed by atoms with Gasteiger partial charge in [-0.1, -0.05) is 6.92 Å². The number of furan rings is 1. The van der Waals surface area contributed by atoms with Crippen LogP contribution in [-0.2, 0) is 4.79 Å². The van der Waals surface area contributed by atoms with Gasteiger partial charge < -0.3 is 20.4 Å². The second-order valence-electron chi connectivity index (χ2n) is 6.04. The van der Waals surface area contributed by atoms with Gasteiger partial charge in [-0.3, -0.25) is 9.59 Å². The lowest BCUT2D eigenvalue weighted by Crippen LogP contribution is -2.48. The monoisotopic (exact) mass is 343 g/mol. The van der Waals surface area contributed by atoms with Gasteiger partial charge in [0.25, 0.3) is 5.91 Å². The molecule has 1 aliphatic rings. The number of likely N-dealkylation sites (tertiary alicyclic amines) is 1. The summed E-state index contributed by atoms with van der Waals surface area (Å²) >= 11 is 0. The Bertz CT molecular complexity index is 551. The lowest BCUT2D eigenvalue weighted by molar-refractivity contribution is -0.135. The molecule has 0 aromatic carbocycles. The maximum absolute atomic E-state index is 12.2. The first-order chi connectivity index (χ1) is 10.4. The van der Waals surface area contributed by atoms with Gasteiger partial charge in [0.2, 0.25) is 5.91 Å². The predicted octanol–water partition coefficient (Wildman–Crippen LogP) is 1.63. The first-order valence-corrected chi connectivity index (χ1v) is 7.79. The molecule has 0 saturated carbocycles. The van der Waals surface area contributed by atoms with Crippen molar-refractivity contribution in [2.45, 2.75) is 39.7 Å². The van der Waals surface area contributed by atoms with Crippen molar-refractivity contribution in [3.8, 4) is 0 Å². The molecule has 6 nitrogen and oxygen atoms in total. The predicted molar refractivity (Wildman–Crippen MR) is 90.7 cm³/mol. The number of rotatable bonds is 4. The Hall–Kier alpha value is -1.53. The van der Waals surface area contributed by atoms with E-state index in [9.17, 15) is 9.59 Å². The maximum atomic E-state index is 12.2. The third-order valence-corrected chi connectivity index (χ3v) is 4.20. The van der Waals surface area contributed by atoms with Crippen molar-refractivity contribution in [1.29, 1.82) is 0 Å². The minimum atomic E-state index is -0.136. The Morgan fingerprint density at radius 3 is 2.48 bits per heavy atom. The van der Waals surface area contributed by atoms with E-state index in [0.717, 1.165) is 18.6 Å². The van der Waals surface area contributed by atoms with Crippen LogP contribution >= 0.6 is 12.4 Å². The standard InChI is InChI=1S/C16H25N3O3.ClH/c1-10(9-17)16(21)19-6-4-13(5-7-19)18-15(20)14-8-11(2)22-12(14)3;/h8,10,13H,4-7,9,17H2,1-3H3,(H,18,20);1H. The quantitative estimate of drug-likeness (QED) is 0.869.